The molecule has 2 bridgehead atoms. The quantitative estimate of drug-likeness (QED) is 0.588. The van der Waals surface area contributed by atoms with Gasteiger partial charge >= 0.3 is 0 Å². The fourth-order valence-corrected chi connectivity index (χ4v) is 2.14. The molecule has 0 aromatic rings. The lowest BCUT2D eigenvalue weighted by Gasteiger charge is -2.56. The van der Waals surface area contributed by atoms with Gasteiger partial charge in [-0.3, -0.25) is 4.90 Å². The molecule has 0 spiro atoms. The molecule has 0 N–H and O–H groups in total. The lowest BCUT2D eigenvalue weighted by Crippen LogP contribution is -2.66. The average Bonchev–Trinajstić information content (AvgIpc) is 2.05. The summed E-state index contributed by atoms with van der Waals surface area (Å²) in [4.78, 5) is 2.18. The number of rotatable bonds is 1. The zero-order valence-corrected chi connectivity index (χ0v) is 8.09. The fraction of sp³-hybridized carbons (Fsp3) is 1.00. The van der Waals surface area contributed by atoms with Crippen LogP contribution in [-0.2, 0) is 9.47 Å². The summed E-state index contributed by atoms with van der Waals surface area (Å²) in [5, 5.41) is 0. The lowest BCUT2D eigenvalue weighted by atomic mass is 9.88. The summed E-state index contributed by atoms with van der Waals surface area (Å²) < 4.78 is 11.5. The summed E-state index contributed by atoms with van der Waals surface area (Å²) in [5.41, 5.74) is 0.214. The van der Waals surface area contributed by atoms with E-state index in [9.17, 15) is 0 Å². The number of fused-ring (bicyclic) bond motifs is 3. The molecule has 3 fully saturated rings. The molecule has 70 valence electrons. The minimum atomic E-state index is -0.405. The molecule has 0 aromatic carbocycles. The number of hydrogen-bond acceptors (Lipinski definition) is 3. The largest absolute Gasteiger partial charge is 0.337 e. The van der Waals surface area contributed by atoms with Crippen LogP contribution in [0.15, 0.2) is 0 Å². The third-order valence-electron chi connectivity index (χ3n) is 2.94. The van der Waals surface area contributed by atoms with E-state index in [0.717, 1.165) is 26.2 Å². The Bertz CT molecular complexity index is 185. The normalized spacial score (nSPS) is 48.2. The maximum absolute atomic E-state index is 5.73. The Hall–Kier alpha value is -0.120. The van der Waals surface area contributed by atoms with E-state index < -0.39 is 5.91 Å². The molecule has 3 saturated heterocycles. The molecule has 0 aliphatic carbocycles. The Balaban J connectivity index is 2.20. The molecule has 12 heavy (non-hydrogen) atoms. The van der Waals surface area contributed by atoms with Crippen molar-refractivity contribution in [2.24, 2.45) is 5.41 Å². The molecule has 3 aliphatic heterocycles. The van der Waals surface area contributed by atoms with Crippen molar-refractivity contribution >= 4 is 0 Å². The van der Waals surface area contributed by atoms with E-state index in [2.05, 4.69) is 25.8 Å². The van der Waals surface area contributed by atoms with Crippen LogP contribution in [-0.4, -0.2) is 37.6 Å². The van der Waals surface area contributed by atoms with Crippen molar-refractivity contribution in [3.05, 3.63) is 0 Å². The molecule has 3 heterocycles. The molecular formula is C9H17NO2. The molecule has 0 aromatic heterocycles. The first-order chi connectivity index (χ1) is 5.60. The van der Waals surface area contributed by atoms with Crippen molar-refractivity contribution in [3.8, 4) is 0 Å². The molecule has 0 amide bonds. The van der Waals surface area contributed by atoms with Crippen molar-refractivity contribution in [3.63, 3.8) is 0 Å². The minimum absolute atomic E-state index is 0.214. The predicted molar refractivity (Wildman–Crippen MR) is 45.7 cm³/mol. The Morgan fingerprint density at radius 3 is 2.33 bits per heavy atom. The standard InChI is InChI=1S/C9H17NO2/c1-4-9-10(3)5-8(2,6-11-9)7-12-9/h4-7H2,1-3H3. The van der Waals surface area contributed by atoms with Crippen LogP contribution >= 0.6 is 0 Å². The van der Waals surface area contributed by atoms with Crippen LogP contribution in [0.5, 0.6) is 0 Å². The van der Waals surface area contributed by atoms with Gasteiger partial charge in [0.25, 0.3) is 0 Å². The van der Waals surface area contributed by atoms with Gasteiger partial charge in [0.05, 0.1) is 13.2 Å². The van der Waals surface area contributed by atoms with Crippen molar-refractivity contribution in [2.45, 2.75) is 26.2 Å². The zero-order chi connectivity index (χ0) is 8.82. The molecule has 3 aliphatic rings. The smallest absolute Gasteiger partial charge is 0.229 e. The van der Waals surface area contributed by atoms with Crippen LogP contribution in [0.3, 0.4) is 0 Å². The van der Waals surface area contributed by atoms with Crippen molar-refractivity contribution in [1.29, 1.82) is 0 Å². The van der Waals surface area contributed by atoms with Gasteiger partial charge in [0.15, 0.2) is 0 Å². The van der Waals surface area contributed by atoms with Crippen LogP contribution in [0.2, 0.25) is 0 Å². The van der Waals surface area contributed by atoms with Crippen molar-refractivity contribution < 1.29 is 9.47 Å². The Labute approximate surface area is 73.6 Å². The second kappa shape index (κ2) is 2.44. The van der Waals surface area contributed by atoms with Crippen LogP contribution in [0.25, 0.3) is 0 Å². The summed E-state index contributed by atoms with van der Waals surface area (Å²) in [6, 6.07) is 0. The first-order valence-corrected chi connectivity index (χ1v) is 4.59. The molecular weight excluding hydrogens is 154 g/mol. The highest BCUT2D eigenvalue weighted by atomic mass is 16.7. The van der Waals surface area contributed by atoms with E-state index in [0.29, 0.717) is 0 Å². The number of nitrogens with zero attached hydrogens (tertiary/aromatic N) is 1. The first-order valence-electron chi connectivity index (χ1n) is 4.59. The van der Waals surface area contributed by atoms with Gasteiger partial charge in [0.2, 0.25) is 5.91 Å². The summed E-state index contributed by atoms with van der Waals surface area (Å²) >= 11 is 0. The summed E-state index contributed by atoms with van der Waals surface area (Å²) in [6.07, 6.45) is 0.902. The average molecular weight is 171 g/mol. The van der Waals surface area contributed by atoms with Crippen molar-refractivity contribution in [1.82, 2.24) is 4.90 Å². The number of ether oxygens (including phenoxy) is 2. The van der Waals surface area contributed by atoms with E-state index in [1.54, 1.807) is 0 Å². The van der Waals surface area contributed by atoms with Gasteiger partial charge in [-0.15, -0.1) is 0 Å². The maximum Gasteiger partial charge on any atom is 0.229 e. The van der Waals surface area contributed by atoms with Crippen molar-refractivity contribution in [2.75, 3.05) is 26.8 Å². The lowest BCUT2D eigenvalue weighted by molar-refractivity contribution is -0.402. The topological polar surface area (TPSA) is 21.7 Å². The first kappa shape index (κ1) is 8.48. The second-order valence-corrected chi connectivity index (χ2v) is 4.31. The van der Waals surface area contributed by atoms with Gasteiger partial charge in [-0.05, 0) is 7.05 Å². The predicted octanol–water partition coefficient (Wildman–Crippen LogP) is 1.05. The highest BCUT2D eigenvalue weighted by molar-refractivity contribution is 4.90. The molecule has 3 nitrogen and oxygen atoms in total. The SMILES string of the molecule is CCC12OCC(C)(CO1)CN2C. The second-order valence-electron chi connectivity index (χ2n) is 4.31. The van der Waals surface area contributed by atoms with Gasteiger partial charge in [0, 0.05) is 18.4 Å². The van der Waals surface area contributed by atoms with Gasteiger partial charge in [-0.25, -0.2) is 0 Å². The molecule has 3 heteroatoms. The summed E-state index contributed by atoms with van der Waals surface area (Å²) in [6.45, 7) is 7.07. The monoisotopic (exact) mass is 171 g/mol. The van der Waals surface area contributed by atoms with E-state index in [1.165, 1.54) is 0 Å². The van der Waals surface area contributed by atoms with Gasteiger partial charge in [-0.1, -0.05) is 13.8 Å². The highest BCUT2D eigenvalue weighted by Gasteiger charge is 2.51. The van der Waals surface area contributed by atoms with Gasteiger partial charge < -0.3 is 9.47 Å². The third-order valence-corrected chi connectivity index (χ3v) is 2.94. The summed E-state index contributed by atoms with van der Waals surface area (Å²) in [5.74, 6) is -0.405. The van der Waals surface area contributed by atoms with E-state index >= 15 is 0 Å². The van der Waals surface area contributed by atoms with E-state index in [-0.39, 0.29) is 5.41 Å². The maximum atomic E-state index is 5.73. The van der Waals surface area contributed by atoms with Gasteiger partial charge in [0.1, 0.15) is 0 Å². The van der Waals surface area contributed by atoms with Crippen LogP contribution < -0.4 is 0 Å². The third kappa shape index (κ3) is 1.00. The Kier molecular flexibility index (Phi) is 1.72. The number of hydrogen-bond donors (Lipinski definition) is 0. The molecule has 3 rings (SSSR count). The Morgan fingerprint density at radius 2 is 1.92 bits per heavy atom. The fourth-order valence-electron chi connectivity index (χ4n) is 2.14. The highest BCUT2D eigenvalue weighted by Crippen LogP contribution is 2.40. The molecule has 0 unspecified atom stereocenters. The van der Waals surface area contributed by atoms with E-state index in [1.807, 2.05) is 0 Å². The molecule has 0 saturated carbocycles. The zero-order valence-electron chi connectivity index (χ0n) is 8.09. The van der Waals surface area contributed by atoms with Gasteiger partial charge in [-0.2, -0.15) is 0 Å². The minimum Gasteiger partial charge on any atom is -0.337 e. The van der Waals surface area contributed by atoms with Crippen LogP contribution in [0.4, 0.5) is 0 Å². The van der Waals surface area contributed by atoms with Crippen LogP contribution in [0.1, 0.15) is 20.3 Å². The molecule has 0 radical (unpaired) electrons. The Morgan fingerprint density at radius 1 is 1.33 bits per heavy atom. The molecule has 0 atom stereocenters. The van der Waals surface area contributed by atoms with Crippen LogP contribution in [0, 0.1) is 5.41 Å². The summed E-state index contributed by atoms with van der Waals surface area (Å²) in [7, 11) is 2.07. The van der Waals surface area contributed by atoms with E-state index in [4.69, 9.17) is 9.47 Å².